The molecule has 1 aromatic rings. The molecule has 2 bridgehead atoms. The summed E-state index contributed by atoms with van der Waals surface area (Å²) in [4.78, 5) is 0.306. The Balaban J connectivity index is 2.06. The SMILES string of the molecule is Cc1oc(C)c(S(=O)(=O)N2CC3CCC2C3)c1CN. The van der Waals surface area contributed by atoms with Crippen molar-refractivity contribution in [3.8, 4) is 0 Å². The molecule has 2 aliphatic rings. The van der Waals surface area contributed by atoms with Gasteiger partial charge in [-0.2, -0.15) is 4.31 Å². The van der Waals surface area contributed by atoms with E-state index in [-0.39, 0.29) is 12.6 Å². The van der Waals surface area contributed by atoms with Gasteiger partial charge in [0.15, 0.2) is 0 Å². The highest BCUT2D eigenvalue weighted by molar-refractivity contribution is 7.89. The smallest absolute Gasteiger partial charge is 0.247 e. The fourth-order valence-corrected chi connectivity index (χ4v) is 5.74. The van der Waals surface area contributed by atoms with Gasteiger partial charge >= 0.3 is 0 Å². The number of furan rings is 1. The number of hydrogen-bond acceptors (Lipinski definition) is 4. The monoisotopic (exact) mass is 284 g/mol. The third-order valence-electron chi connectivity index (χ3n) is 4.45. The molecule has 5 nitrogen and oxygen atoms in total. The van der Waals surface area contributed by atoms with Crippen LogP contribution in [0.15, 0.2) is 9.31 Å². The zero-order chi connectivity index (χ0) is 13.8. The fraction of sp³-hybridized carbons (Fsp3) is 0.692. The summed E-state index contributed by atoms with van der Waals surface area (Å²) in [5, 5.41) is 0. The third kappa shape index (κ3) is 1.85. The Hall–Kier alpha value is -0.850. The minimum Gasteiger partial charge on any atom is -0.465 e. The number of fused-ring (bicyclic) bond motifs is 2. The van der Waals surface area contributed by atoms with Gasteiger partial charge in [0, 0.05) is 24.7 Å². The number of piperidine rings is 1. The molecular weight excluding hydrogens is 264 g/mol. The number of rotatable bonds is 3. The molecule has 0 aromatic carbocycles. The molecule has 0 spiro atoms. The van der Waals surface area contributed by atoms with Gasteiger partial charge in [-0.05, 0) is 39.0 Å². The summed E-state index contributed by atoms with van der Waals surface area (Å²) in [6.07, 6.45) is 3.15. The van der Waals surface area contributed by atoms with Crippen molar-refractivity contribution in [3.63, 3.8) is 0 Å². The Kier molecular flexibility index (Phi) is 2.99. The van der Waals surface area contributed by atoms with Crippen LogP contribution in [0.5, 0.6) is 0 Å². The number of hydrogen-bond donors (Lipinski definition) is 1. The number of nitrogens with two attached hydrogens (primary N) is 1. The first-order chi connectivity index (χ1) is 8.95. The molecule has 2 unspecified atom stereocenters. The van der Waals surface area contributed by atoms with Crippen LogP contribution in [0.25, 0.3) is 0 Å². The summed E-state index contributed by atoms with van der Waals surface area (Å²) >= 11 is 0. The summed E-state index contributed by atoms with van der Waals surface area (Å²) in [6, 6.07) is 0.176. The molecule has 19 heavy (non-hydrogen) atoms. The molecule has 106 valence electrons. The Morgan fingerprint density at radius 3 is 2.58 bits per heavy atom. The molecule has 0 amide bonds. The van der Waals surface area contributed by atoms with Crippen LogP contribution in [0, 0.1) is 19.8 Å². The van der Waals surface area contributed by atoms with Crippen molar-refractivity contribution in [1.82, 2.24) is 4.31 Å². The molecule has 6 heteroatoms. The van der Waals surface area contributed by atoms with Crippen LogP contribution in [0.2, 0.25) is 0 Å². The van der Waals surface area contributed by atoms with Gasteiger partial charge in [0.1, 0.15) is 16.4 Å². The van der Waals surface area contributed by atoms with Crippen LogP contribution < -0.4 is 5.73 Å². The van der Waals surface area contributed by atoms with Gasteiger partial charge in [-0.25, -0.2) is 8.42 Å². The predicted molar refractivity (Wildman–Crippen MR) is 71.1 cm³/mol. The molecule has 3 rings (SSSR count). The van der Waals surface area contributed by atoms with E-state index in [1.54, 1.807) is 18.2 Å². The van der Waals surface area contributed by atoms with Crippen molar-refractivity contribution in [2.24, 2.45) is 11.7 Å². The van der Waals surface area contributed by atoms with E-state index in [1.807, 2.05) is 0 Å². The fourth-order valence-electron chi connectivity index (χ4n) is 3.57. The lowest BCUT2D eigenvalue weighted by Gasteiger charge is -2.26. The Labute approximate surface area is 113 Å². The van der Waals surface area contributed by atoms with Crippen molar-refractivity contribution < 1.29 is 12.8 Å². The average molecular weight is 284 g/mol. The van der Waals surface area contributed by atoms with Crippen molar-refractivity contribution in [2.45, 2.75) is 50.6 Å². The molecular formula is C13H20N2O3S. The van der Waals surface area contributed by atoms with Gasteiger partial charge in [0.2, 0.25) is 10.0 Å². The molecule has 0 radical (unpaired) electrons. The quantitative estimate of drug-likeness (QED) is 0.913. The molecule has 2 atom stereocenters. The second kappa shape index (κ2) is 4.33. The van der Waals surface area contributed by atoms with Gasteiger partial charge in [-0.3, -0.25) is 0 Å². The molecule has 1 aromatic heterocycles. The molecule has 2 heterocycles. The summed E-state index contributed by atoms with van der Waals surface area (Å²) in [6.45, 7) is 4.32. The molecule has 1 aliphatic heterocycles. The lowest BCUT2D eigenvalue weighted by molar-refractivity contribution is 0.332. The first-order valence-corrected chi connectivity index (χ1v) is 8.20. The van der Waals surface area contributed by atoms with E-state index < -0.39 is 10.0 Å². The van der Waals surface area contributed by atoms with E-state index in [0.717, 1.165) is 19.3 Å². The second-order valence-corrected chi connectivity index (χ2v) is 7.46. The summed E-state index contributed by atoms with van der Waals surface area (Å²) < 4.78 is 32.8. The van der Waals surface area contributed by atoms with Crippen LogP contribution in [0.3, 0.4) is 0 Å². The summed E-state index contributed by atoms with van der Waals surface area (Å²) in [5.41, 5.74) is 6.32. The van der Waals surface area contributed by atoms with Gasteiger partial charge < -0.3 is 10.2 Å². The first-order valence-electron chi connectivity index (χ1n) is 6.76. The summed E-state index contributed by atoms with van der Waals surface area (Å²) in [5.74, 6) is 1.61. The Morgan fingerprint density at radius 2 is 2.05 bits per heavy atom. The van der Waals surface area contributed by atoms with Gasteiger partial charge in [-0.15, -0.1) is 0 Å². The number of sulfonamides is 1. The molecule has 2 N–H and O–H groups in total. The van der Waals surface area contributed by atoms with E-state index >= 15 is 0 Å². The average Bonchev–Trinajstić information content (AvgIpc) is 3.02. The summed E-state index contributed by atoms with van der Waals surface area (Å²) in [7, 11) is -3.46. The molecule has 1 saturated heterocycles. The van der Waals surface area contributed by atoms with Crippen LogP contribution in [0.4, 0.5) is 0 Å². The van der Waals surface area contributed by atoms with E-state index in [0.29, 0.717) is 34.4 Å². The first kappa shape index (κ1) is 13.1. The number of aryl methyl sites for hydroxylation is 2. The molecule has 2 fully saturated rings. The topological polar surface area (TPSA) is 76.5 Å². The van der Waals surface area contributed by atoms with E-state index in [9.17, 15) is 8.42 Å². The van der Waals surface area contributed by atoms with Crippen molar-refractivity contribution in [1.29, 1.82) is 0 Å². The zero-order valence-corrected chi connectivity index (χ0v) is 12.2. The lowest BCUT2D eigenvalue weighted by Crippen LogP contribution is -2.38. The van der Waals surface area contributed by atoms with Crippen molar-refractivity contribution in [2.75, 3.05) is 6.54 Å². The maximum atomic E-state index is 12.8. The lowest BCUT2D eigenvalue weighted by atomic mass is 10.1. The van der Waals surface area contributed by atoms with Gasteiger partial charge in [0.05, 0.1) is 0 Å². The van der Waals surface area contributed by atoms with Crippen LogP contribution in [-0.2, 0) is 16.6 Å². The standard InChI is InChI=1S/C13H20N2O3S/c1-8-12(6-14)13(9(2)18-8)19(16,17)15-7-10-3-4-11(15)5-10/h10-11H,3-7,14H2,1-2H3. The van der Waals surface area contributed by atoms with Crippen LogP contribution >= 0.6 is 0 Å². The van der Waals surface area contributed by atoms with E-state index in [2.05, 4.69) is 0 Å². The van der Waals surface area contributed by atoms with E-state index in [4.69, 9.17) is 10.2 Å². The van der Waals surface area contributed by atoms with Gasteiger partial charge in [-0.1, -0.05) is 0 Å². The maximum absolute atomic E-state index is 12.8. The van der Waals surface area contributed by atoms with Crippen molar-refractivity contribution in [3.05, 3.63) is 17.1 Å². The normalized spacial score (nSPS) is 27.3. The predicted octanol–water partition coefficient (Wildman–Crippen LogP) is 1.53. The van der Waals surface area contributed by atoms with Crippen LogP contribution in [-0.4, -0.2) is 25.3 Å². The highest BCUT2D eigenvalue weighted by Crippen LogP contribution is 2.42. The number of nitrogens with zero attached hydrogens (tertiary/aromatic N) is 1. The molecule has 1 saturated carbocycles. The van der Waals surface area contributed by atoms with E-state index in [1.165, 1.54) is 0 Å². The second-order valence-electron chi connectivity index (χ2n) is 5.63. The Bertz CT molecular complexity index is 606. The Morgan fingerprint density at radius 1 is 1.32 bits per heavy atom. The zero-order valence-electron chi connectivity index (χ0n) is 11.3. The van der Waals surface area contributed by atoms with Gasteiger partial charge in [0.25, 0.3) is 0 Å². The third-order valence-corrected chi connectivity index (χ3v) is 6.57. The largest absolute Gasteiger partial charge is 0.465 e. The maximum Gasteiger partial charge on any atom is 0.247 e. The highest BCUT2D eigenvalue weighted by Gasteiger charge is 2.45. The minimum atomic E-state index is -3.46. The minimum absolute atomic E-state index is 0.176. The molecule has 1 aliphatic carbocycles. The van der Waals surface area contributed by atoms with Crippen LogP contribution in [0.1, 0.15) is 36.3 Å². The van der Waals surface area contributed by atoms with Crippen molar-refractivity contribution >= 4 is 10.0 Å². The highest BCUT2D eigenvalue weighted by atomic mass is 32.2.